The number of carbonyl (C=O) groups is 1. The van der Waals surface area contributed by atoms with Crippen molar-refractivity contribution >= 4 is 40.5 Å². The predicted molar refractivity (Wildman–Crippen MR) is 105 cm³/mol. The van der Waals surface area contributed by atoms with Gasteiger partial charge in [0, 0.05) is 6.42 Å². The summed E-state index contributed by atoms with van der Waals surface area (Å²) in [4.78, 5) is 29.9. The Kier molecular flexibility index (Phi) is 5.97. The van der Waals surface area contributed by atoms with E-state index in [-0.39, 0.29) is 0 Å². The highest BCUT2D eigenvalue weighted by molar-refractivity contribution is 7.19. The number of aryl methyl sites for hydroxylation is 1. The Morgan fingerprint density at radius 1 is 1.19 bits per heavy atom. The lowest BCUT2D eigenvalue weighted by atomic mass is 10.2. The normalized spacial score (nSPS) is 10.7. The molecule has 0 spiro atoms. The van der Waals surface area contributed by atoms with Crippen LogP contribution in [0.2, 0.25) is 4.34 Å². The second-order valence-corrected chi connectivity index (χ2v) is 7.27. The van der Waals surface area contributed by atoms with Gasteiger partial charge in [-0.2, -0.15) is 15.9 Å². The minimum Gasteiger partial charge on any atom is -0.370 e. The maximum Gasteiger partial charge on any atom is 0.356 e. The average Bonchev–Trinajstić information content (AvgIpc) is 3.13. The minimum atomic E-state index is -0.632. The molecule has 10 heteroatoms. The van der Waals surface area contributed by atoms with E-state index in [0.717, 1.165) is 11.3 Å². The lowest BCUT2D eigenvalue weighted by molar-refractivity contribution is 0.0503. The smallest absolute Gasteiger partial charge is 0.356 e. The predicted octanol–water partition coefficient (Wildman–Crippen LogP) is 3.25. The molecule has 0 aliphatic rings. The molecule has 0 aliphatic carbocycles. The molecule has 0 atom stereocenters. The minimum absolute atomic E-state index is 0.294. The number of nitrogens with two attached hydrogens (primary N) is 2. The molecule has 1 aromatic carbocycles. The molecule has 27 heavy (non-hydrogen) atoms. The summed E-state index contributed by atoms with van der Waals surface area (Å²) in [6.45, 7) is 2.04. The van der Waals surface area contributed by atoms with Gasteiger partial charge in [-0.05, 0) is 42.8 Å². The topological polar surface area (TPSA) is 120 Å². The molecule has 0 bridgehead atoms. The van der Waals surface area contributed by atoms with E-state index in [0.29, 0.717) is 39.6 Å². The number of hydrazine groups is 1. The molecule has 0 radical (unpaired) electrons. The van der Waals surface area contributed by atoms with Crippen LogP contribution in [-0.4, -0.2) is 20.9 Å². The summed E-state index contributed by atoms with van der Waals surface area (Å²) >= 11 is 7.41. The number of rotatable bonds is 6. The van der Waals surface area contributed by atoms with Crippen LogP contribution in [0.3, 0.4) is 0 Å². The number of halogens is 1. The van der Waals surface area contributed by atoms with Crippen LogP contribution < -0.4 is 16.7 Å². The van der Waals surface area contributed by atoms with Gasteiger partial charge in [-0.1, -0.05) is 18.5 Å². The zero-order chi connectivity index (χ0) is 19.4. The Balaban J connectivity index is 1.96. The molecular weight excluding hydrogens is 388 g/mol. The first-order chi connectivity index (χ1) is 13.0. The Labute approximate surface area is 164 Å². The van der Waals surface area contributed by atoms with Crippen molar-refractivity contribution in [1.29, 1.82) is 0 Å². The van der Waals surface area contributed by atoms with Gasteiger partial charge < -0.3 is 4.84 Å². The van der Waals surface area contributed by atoms with Crippen molar-refractivity contribution in [2.75, 3.05) is 5.01 Å². The third-order valence-corrected chi connectivity index (χ3v) is 4.87. The average molecular weight is 405 g/mol. The number of hydrogen-bond acceptors (Lipinski definition) is 9. The van der Waals surface area contributed by atoms with Gasteiger partial charge in [-0.15, -0.1) is 11.3 Å². The third kappa shape index (κ3) is 4.40. The fraction of sp³-hybridized carbons (Fsp3) is 0.176. The van der Waals surface area contributed by atoms with E-state index in [2.05, 4.69) is 19.8 Å². The SMILES string of the molecule is CCCc1nc(-c2ccc(Cl)s2)nc(N(N)c2ccc(C(=O)ON)cc2)n1. The zero-order valence-corrected chi connectivity index (χ0v) is 16.0. The summed E-state index contributed by atoms with van der Waals surface area (Å²) in [5.74, 6) is 11.9. The monoisotopic (exact) mass is 404 g/mol. The highest BCUT2D eigenvalue weighted by Gasteiger charge is 2.15. The quantitative estimate of drug-likeness (QED) is 0.474. The molecule has 2 heterocycles. The largest absolute Gasteiger partial charge is 0.370 e. The van der Waals surface area contributed by atoms with E-state index in [9.17, 15) is 4.79 Å². The maximum atomic E-state index is 11.4. The van der Waals surface area contributed by atoms with Crippen LogP contribution >= 0.6 is 22.9 Å². The van der Waals surface area contributed by atoms with E-state index < -0.39 is 5.97 Å². The van der Waals surface area contributed by atoms with Gasteiger partial charge in [-0.3, -0.25) is 0 Å². The molecule has 0 aliphatic heterocycles. The van der Waals surface area contributed by atoms with E-state index in [4.69, 9.17) is 23.3 Å². The van der Waals surface area contributed by atoms with Gasteiger partial charge in [0.05, 0.1) is 20.5 Å². The van der Waals surface area contributed by atoms with E-state index in [1.807, 2.05) is 13.0 Å². The van der Waals surface area contributed by atoms with Crippen LogP contribution in [-0.2, 0) is 11.3 Å². The molecule has 3 aromatic rings. The van der Waals surface area contributed by atoms with Crippen molar-refractivity contribution in [2.45, 2.75) is 19.8 Å². The second-order valence-electron chi connectivity index (χ2n) is 5.55. The van der Waals surface area contributed by atoms with E-state index in [1.165, 1.54) is 16.3 Å². The van der Waals surface area contributed by atoms with Crippen molar-refractivity contribution in [3.63, 3.8) is 0 Å². The molecular formula is C17H17ClN6O2S. The molecule has 0 fully saturated rings. The summed E-state index contributed by atoms with van der Waals surface area (Å²) in [7, 11) is 0. The van der Waals surface area contributed by atoms with E-state index in [1.54, 1.807) is 30.3 Å². The van der Waals surface area contributed by atoms with Crippen LogP contribution in [0.25, 0.3) is 10.7 Å². The number of aromatic nitrogens is 3. The summed E-state index contributed by atoms with van der Waals surface area (Å²) in [6, 6.07) is 10.1. The third-order valence-electron chi connectivity index (χ3n) is 3.64. The first-order valence-corrected chi connectivity index (χ1v) is 9.28. The lowest BCUT2D eigenvalue weighted by Gasteiger charge is -2.17. The summed E-state index contributed by atoms with van der Waals surface area (Å²) in [6.07, 6.45) is 1.57. The fourth-order valence-electron chi connectivity index (χ4n) is 2.34. The number of carbonyl (C=O) groups excluding carboxylic acids is 1. The van der Waals surface area contributed by atoms with Crippen LogP contribution in [0.4, 0.5) is 11.6 Å². The standard InChI is InChI=1S/C17H17ClN6O2S/c1-2-3-14-21-15(12-8-9-13(18)27-12)23-17(22-14)24(19)11-6-4-10(5-7-11)16(25)26-20/h4-9H,2-3,19-20H2,1H3. The Morgan fingerprint density at radius 2 is 1.93 bits per heavy atom. The van der Waals surface area contributed by atoms with Gasteiger partial charge in [-0.25, -0.2) is 20.6 Å². The lowest BCUT2D eigenvalue weighted by Crippen LogP contribution is -2.28. The van der Waals surface area contributed by atoms with Crippen LogP contribution in [0.5, 0.6) is 0 Å². The van der Waals surface area contributed by atoms with Crippen molar-refractivity contribution in [3.8, 4) is 10.7 Å². The molecule has 8 nitrogen and oxygen atoms in total. The molecule has 3 rings (SSSR count). The van der Waals surface area contributed by atoms with Crippen molar-refractivity contribution in [1.82, 2.24) is 15.0 Å². The Bertz CT molecular complexity index is 947. The molecule has 0 amide bonds. The molecule has 0 unspecified atom stereocenters. The van der Waals surface area contributed by atoms with Crippen molar-refractivity contribution in [2.24, 2.45) is 11.7 Å². The zero-order valence-electron chi connectivity index (χ0n) is 14.4. The van der Waals surface area contributed by atoms with Gasteiger partial charge in [0.15, 0.2) is 5.82 Å². The molecule has 0 saturated heterocycles. The van der Waals surface area contributed by atoms with Crippen LogP contribution in [0.1, 0.15) is 29.5 Å². The number of nitrogens with zero attached hydrogens (tertiary/aromatic N) is 4. The van der Waals surface area contributed by atoms with Crippen LogP contribution in [0, 0.1) is 0 Å². The summed E-state index contributed by atoms with van der Waals surface area (Å²) in [5.41, 5.74) is 0.901. The Hall–Kier alpha value is -2.59. The van der Waals surface area contributed by atoms with Gasteiger partial charge in [0.1, 0.15) is 5.82 Å². The summed E-state index contributed by atoms with van der Waals surface area (Å²) < 4.78 is 0.649. The molecule has 140 valence electrons. The molecule has 0 saturated carbocycles. The number of anilines is 2. The van der Waals surface area contributed by atoms with Crippen molar-refractivity contribution < 1.29 is 9.63 Å². The van der Waals surface area contributed by atoms with Gasteiger partial charge >= 0.3 is 5.97 Å². The highest BCUT2D eigenvalue weighted by atomic mass is 35.5. The summed E-state index contributed by atoms with van der Waals surface area (Å²) in [5, 5.41) is 1.33. The Morgan fingerprint density at radius 3 is 2.52 bits per heavy atom. The van der Waals surface area contributed by atoms with Crippen molar-refractivity contribution in [3.05, 3.63) is 52.1 Å². The van der Waals surface area contributed by atoms with Crippen LogP contribution in [0.15, 0.2) is 36.4 Å². The number of benzene rings is 1. The first-order valence-electron chi connectivity index (χ1n) is 8.08. The number of hydrogen-bond donors (Lipinski definition) is 2. The second kappa shape index (κ2) is 8.40. The first kappa shape index (κ1) is 19.2. The fourth-order valence-corrected chi connectivity index (χ4v) is 3.31. The maximum absolute atomic E-state index is 11.4. The highest BCUT2D eigenvalue weighted by Crippen LogP contribution is 2.30. The number of thiophene rings is 1. The molecule has 2 aromatic heterocycles. The van der Waals surface area contributed by atoms with Gasteiger partial charge in [0.25, 0.3) is 0 Å². The van der Waals surface area contributed by atoms with Gasteiger partial charge in [0.2, 0.25) is 5.95 Å². The van der Waals surface area contributed by atoms with E-state index >= 15 is 0 Å². The molecule has 4 N–H and O–H groups in total.